The predicted octanol–water partition coefficient (Wildman–Crippen LogP) is 4.00. The van der Waals surface area contributed by atoms with E-state index in [1.165, 1.54) is 5.56 Å². The van der Waals surface area contributed by atoms with E-state index in [0.717, 1.165) is 29.6 Å². The molecule has 2 aromatic carbocycles. The van der Waals surface area contributed by atoms with Crippen molar-refractivity contribution < 1.29 is 19.0 Å². The second-order valence-electron chi connectivity index (χ2n) is 6.93. The van der Waals surface area contributed by atoms with Crippen molar-refractivity contribution in [1.29, 1.82) is 0 Å². The zero-order chi connectivity index (χ0) is 19.5. The van der Waals surface area contributed by atoms with Crippen LogP contribution in [-0.2, 0) is 4.79 Å². The Bertz CT molecular complexity index is 856. The third kappa shape index (κ3) is 4.10. The molecule has 1 amide bonds. The number of benzene rings is 2. The summed E-state index contributed by atoms with van der Waals surface area (Å²) in [5.41, 5.74) is 1.90. The van der Waals surface area contributed by atoms with E-state index in [2.05, 4.69) is 38.3 Å². The highest BCUT2D eigenvalue weighted by molar-refractivity contribution is 9.10. The monoisotopic (exact) mass is 446 g/mol. The molecule has 0 bridgehead atoms. The largest absolute Gasteiger partial charge is 0.497 e. The lowest BCUT2D eigenvalue weighted by Crippen LogP contribution is -2.33. The Balaban J connectivity index is 1.43. The first-order valence-electron chi connectivity index (χ1n) is 9.41. The third-order valence-corrected chi connectivity index (χ3v) is 5.77. The van der Waals surface area contributed by atoms with Crippen LogP contribution < -0.4 is 19.5 Å². The summed E-state index contributed by atoms with van der Waals surface area (Å²) in [6.07, 6.45) is 2.13. The Labute approximate surface area is 172 Å². The Hall–Kier alpha value is -2.25. The summed E-state index contributed by atoms with van der Waals surface area (Å²) in [4.78, 5) is 14.9. The lowest BCUT2D eigenvalue weighted by molar-refractivity contribution is -0.117. The molecule has 4 rings (SSSR count). The average molecular weight is 447 g/mol. The highest BCUT2D eigenvalue weighted by Gasteiger charge is 2.28. The molecular formula is C21H23BrN2O4. The highest BCUT2D eigenvalue weighted by atomic mass is 79.9. The number of hydrogen-bond acceptors (Lipinski definition) is 5. The van der Waals surface area contributed by atoms with Crippen LogP contribution in [0.3, 0.4) is 0 Å². The van der Waals surface area contributed by atoms with Crippen molar-refractivity contribution in [3.63, 3.8) is 0 Å². The molecule has 1 saturated heterocycles. The number of amides is 1. The first-order valence-corrected chi connectivity index (χ1v) is 10.2. The molecule has 148 valence electrons. The zero-order valence-corrected chi connectivity index (χ0v) is 17.3. The van der Waals surface area contributed by atoms with Gasteiger partial charge in [0.25, 0.3) is 0 Å². The number of ether oxygens (including phenoxy) is 3. The zero-order valence-electron chi connectivity index (χ0n) is 15.7. The molecule has 0 aliphatic carbocycles. The Kier molecular flexibility index (Phi) is 5.73. The molecule has 0 aromatic heterocycles. The van der Waals surface area contributed by atoms with Crippen molar-refractivity contribution in [3.8, 4) is 17.2 Å². The van der Waals surface area contributed by atoms with Crippen molar-refractivity contribution in [3.05, 3.63) is 46.4 Å². The van der Waals surface area contributed by atoms with Crippen LogP contribution >= 0.6 is 15.9 Å². The van der Waals surface area contributed by atoms with Gasteiger partial charge in [0.2, 0.25) is 5.91 Å². The first kappa shape index (κ1) is 19.1. The van der Waals surface area contributed by atoms with Crippen LogP contribution in [0.15, 0.2) is 40.9 Å². The van der Waals surface area contributed by atoms with Crippen LogP contribution in [0.5, 0.6) is 17.2 Å². The number of nitrogens with zero attached hydrogens (tertiary/aromatic N) is 1. The first-order chi connectivity index (χ1) is 13.6. The molecule has 0 saturated carbocycles. The van der Waals surface area contributed by atoms with Crippen molar-refractivity contribution in [2.45, 2.75) is 18.9 Å². The van der Waals surface area contributed by atoms with Crippen LogP contribution in [-0.4, -0.2) is 44.2 Å². The third-order valence-electron chi connectivity index (χ3n) is 5.12. The van der Waals surface area contributed by atoms with Gasteiger partial charge in [0, 0.05) is 22.6 Å². The van der Waals surface area contributed by atoms with Gasteiger partial charge in [-0.15, -0.1) is 0 Å². The molecule has 1 fully saturated rings. The van der Waals surface area contributed by atoms with Gasteiger partial charge in [-0.25, -0.2) is 0 Å². The normalized spacial score (nSPS) is 18.7. The van der Waals surface area contributed by atoms with Gasteiger partial charge >= 0.3 is 0 Å². The summed E-state index contributed by atoms with van der Waals surface area (Å²) in [7, 11) is 1.66. The van der Waals surface area contributed by atoms with Crippen molar-refractivity contribution >= 4 is 27.5 Å². The lowest BCUT2D eigenvalue weighted by Gasteiger charge is -2.25. The Morgan fingerprint density at radius 1 is 1.21 bits per heavy atom. The smallest absolute Gasteiger partial charge is 0.238 e. The second kappa shape index (κ2) is 8.41. The summed E-state index contributed by atoms with van der Waals surface area (Å²) >= 11 is 3.50. The number of halogens is 1. The minimum absolute atomic E-state index is 0.0437. The van der Waals surface area contributed by atoms with Gasteiger partial charge < -0.3 is 19.5 Å². The Morgan fingerprint density at radius 3 is 2.64 bits per heavy atom. The maximum Gasteiger partial charge on any atom is 0.238 e. The number of methoxy groups -OCH3 is 1. The molecule has 0 radical (unpaired) electrons. The number of rotatable bonds is 5. The number of carbonyl (C=O) groups excluding carboxylic acids is 1. The summed E-state index contributed by atoms with van der Waals surface area (Å²) in [5, 5.41) is 2.99. The lowest BCUT2D eigenvalue weighted by atomic mass is 10.0. The maximum absolute atomic E-state index is 12.7. The molecule has 2 heterocycles. The van der Waals surface area contributed by atoms with Gasteiger partial charge in [-0.05, 0) is 53.0 Å². The fourth-order valence-electron chi connectivity index (χ4n) is 3.75. The summed E-state index contributed by atoms with van der Waals surface area (Å²) in [5.74, 6) is 2.14. The summed E-state index contributed by atoms with van der Waals surface area (Å²) in [6, 6.07) is 12.0. The minimum atomic E-state index is -0.0437. The number of likely N-dealkylation sites (tertiary alicyclic amines) is 1. The molecule has 1 unspecified atom stereocenters. The van der Waals surface area contributed by atoms with Crippen molar-refractivity contribution in [2.75, 3.05) is 38.7 Å². The van der Waals surface area contributed by atoms with E-state index in [-0.39, 0.29) is 11.9 Å². The number of hydrogen-bond donors (Lipinski definition) is 1. The molecule has 6 nitrogen and oxygen atoms in total. The number of fused-ring (bicyclic) bond motifs is 1. The molecule has 1 N–H and O–H groups in total. The molecule has 2 aliphatic rings. The van der Waals surface area contributed by atoms with Crippen LogP contribution in [0.1, 0.15) is 24.4 Å². The van der Waals surface area contributed by atoms with Crippen LogP contribution in [0, 0.1) is 0 Å². The quantitative estimate of drug-likeness (QED) is 0.751. The number of anilines is 1. The minimum Gasteiger partial charge on any atom is -0.497 e. The van der Waals surface area contributed by atoms with Crippen LogP contribution in [0.2, 0.25) is 0 Å². The fraction of sp³-hybridized carbons (Fsp3) is 0.381. The van der Waals surface area contributed by atoms with E-state index < -0.39 is 0 Å². The average Bonchev–Trinajstić information content (AvgIpc) is 3.16. The van der Waals surface area contributed by atoms with E-state index in [0.29, 0.717) is 36.9 Å². The summed E-state index contributed by atoms with van der Waals surface area (Å²) < 4.78 is 17.2. The van der Waals surface area contributed by atoms with Crippen molar-refractivity contribution in [1.82, 2.24) is 4.90 Å². The van der Waals surface area contributed by atoms with Gasteiger partial charge in [-0.3, -0.25) is 9.69 Å². The van der Waals surface area contributed by atoms with E-state index in [4.69, 9.17) is 14.2 Å². The molecule has 0 spiro atoms. The predicted molar refractivity (Wildman–Crippen MR) is 110 cm³/mol. The van der Waals surface area contributed by atoms with Gasteiger partial charge in [0.05, 0.1) is 19.3 Å². The standard InChI is InChI=1S/C21H23BrN2O4/c1-26-15-6-4-14(5-7-15)18-3-2-8-24(18)13-21(25)23-17-12-20-19(11-16(17)22)27-9-10-28-20/h4-7,11-12,18H,2-3,8-10,13H2,1H3,(H,23,25). The van der Waals surface area contributed by atoms with E-state index >= 15 is 0 Å². The summed E-state index contributed by atoms with van der Waals surface area (Å²) in [6.45, 7) is 2.30. The second-order valence-corrected chi connectivity index (χ2v) is 7.78. The molecule has 28 heavy (non-hydrogen) atoms. The van der Waals surface area contributed by atoms with Gasteiger partial charge in [-0.1, -0.05) is 12.1 Å². The molecule has 2 aliphatic heterocycles. The molecular weight excluding hydrogens is 424 g/mol. The SMILES string of the molecule is COc1ccc(C2CCCN2CC(=O)Nc2cc3c(cc2Br)OCCO3)cc1. The topological polar surface area (TPSA) is 60.0 Å². The molecule has 1 atom stereocenters. The number of carbonyl (C=O) groups is 1. The highest BCUT2D eigenvalue weighted by Crippen LogP contribution is 2.38. The van der Waals surface area contributed by atoms with Gasteiger partial charge in [-0.2, -0.15) is 0 Å². The van der Waals surface area contributed by atoms with Crippen molar-refractivity contribution in [2.24, 2.45) is 0 Å². The van der Waals surface area contributed by atoms with Crippen LogP contribution in [0.4, 0.5) is 5.69 Å². The number of nitrogens with one attached hydrogen (secondary N) is 1. The fourth-order valence-corrected chi connectivity index (χ4v) is 4.17. The van der Waals surface area contributed by atoms with E-state index in [9.17, 15) is 4.79 Å². The van der Waals surface area contributed by atoms with Crippen LogP contribution in [0.25, 0.3) is 0 Å². The van der Waals surface area contributed by atoms with Gasteiger partial charge in [0.15, 0.2) is 11.5 Å². The molecule has 7 heteroatoms. The maximum atomic E-state index is 12.7. The molecule has 2 aromatic rings. The van der Waals surface area contributed by atoms with E-state index in [1.54, 1.807) is 13.2 Å². The van der Waals surface area contributed by atoms with E-state index in [1.807, 2.05) is 18.2 Å². The van der Waals surface area contributed by atoms with Gasteiger partial charge in [0.1, 0.15) is 19.0 Å². The Morgan fingerprint density at radius 2 is 1.93 bits per heavy atom.